The van der Waals surface area contributed by atoms with Crippen molar-refractivity contribution in [3.63, 3.8) is 0 Å². The highest BCUT2D eigenvalue weighted by Crippen LogP contribution is 2.24. The summed E-state index contributed by atoms with van der Waals surface area (Å²) in [6.45, 7) is 5.49. The lowest BCUT2D eigenvalue weighted by molar-refractivity contribution is 0.201. The first kappa shape index (κ1) is 16.5. The summed E-state index contributed by atoms with van der Waals surface area (Å²) < 4.78 is 0. The van der Waals surface area contributed by atoms with Gasteiger partial charge in [-0.25, -0.2) is 0 Å². The molecule has 1 aromatic carbocycles. The van der Waals surface area contributed by atoms with Gasteiger partial charge < -0.3 is 10.2 Å². The smallest absolute Gasteiger partial charge is 0.0447 e. The van der Waals surface area contributed by atoms with Gasteiger partial charge in [0.2, 0.25) is 0 Å². The number of benzene rings is 1. The minimum atomic E-state index is 0.428. The lowest BCUT2D eigenvalue weighted by Crippen LogP contribution is -2.38. The Morgan fingerprint density at radius 1 is 1.05 bits per heavy atom. The molecule has 0 radical (unpaired) electrons. The van der Waals surface area contributed by atoms with Gasteiger partial charge in [-0.15, -0.1) is 0 Å². The van der Waals surface area contributed by atoms with Gasteiger partial charge in [-0.2, -0.15) is 0 Å². The van der Waals surface area contributed by atoms with E-state index in [0.29, 0.717) is 6.04 Å². The summed E-state index contributed by atoms with van der Waals surface area (Å²) in [4.78, 5) is 2.59. The minimum absolute atomic E-state index is 0.428. The fourth-order valence-corrected chi connectivity index (χ4v) is 3.71. The van der Waals surface area contributed by atoms with Crippen LogP contribution in [0.3, 0.4) is 0 Å². The minimum Gasteiger partial charge on any atom is -0.312 e. The molecule has 21 heavy (non-hydrogen) atoms. The molecule has 0 aromatic heterocycles. The maximum absolute atomic E-state index is 3.52. The van der Waals surface area contributed by atoms with Crippen molar-refractivity contribution in [2.45, 2.75) is 64.5 Å². The van der Waals surface area contributed by atoms with E-state index >= 15 is 0 Å². The molecular weight excluding hydrogens is 256 g/mol. The number of hydrogen-bond donors (Lipinski definition) is 1. The number of nitrogens with zero attached hydrogens (tertiary/aromatic N) is 1. The zero-order valence-electron chi connectivity index (χ0n) is 14.3. The van der Waals surface area contributed by atoms with Crippen LogP contribution in [0, 0.1) is 13.8 Å². The van der Waals surface area contributed by atoms with Crippen LogP contribution in [0.4, 0.5) is 0 Å². The average Bonchev–Trinajstić information content (AvgIpc) is 2.72. The van der Waals surface area contributed by atoms with Crippen LogP contribution in [0.2, 0.25) is 0 Å². The Kier molecular flexibility index (Phi) is 6.25. The second kappa shape index (κ2) is 7.95. The topological polar surface area (TPSA) is 15.3 Å². The van der Waals surface area contributed by atoms with Crippen LogP contribution in [0.25, 0.3) is 0 Å². The number of aryl methyl sites for hydroxylation is 2. The van der Waals surface area contributed by atoms with Crippen LogP contribution in [-0.2, 0) is 0 Å². The van der Waals surface area contributed by atoms with E-state index in [0.717, 1.165) is 12.6 Å². The number of likely N-dealkylation sites (N-methyl/N-ethyl adjacent to an activating group) is 2. The molecule has 1 saturated carbocycles. The quantitative estimate of drug-likeness (QED) is 0.816. The maximum Gasteiger partial charge on any atom is 0.0447 e. The largest absolute Gasteiger partial charge is 0.312 e. The third-order valence-corrected chi connectivity index (χ3v) is 4.91. The van der Waals surface area contributed by atoms with Crippen LogP contribution in [0.1, 0.15) is 61.3 Å². The molecule has 1 aliphatic rings. The molecule has 2 heteroatoms. The van der Waals surface area contributed by atoms with Gasteiger partial charge in [0, 0.05) is 18.6 Å². The van der Waals surface area contributed by atoms with Crippen molar-refractivity contribution in [3.8, 4) is 0 Å². The van der Waals surface area contributed by atoms with Gasteiger partial charge in [0.1, 0.15) is 0 Å². The summed E-state index contributed by atoms with van der Waals surface area (Å²) in [6.07, 6.45) is 8.42. The molecule has 1 aromatic rings. The van der Waals surface area contributed by atoms with Crippen LogP contribution in [0.15, 0.2) is 18.2 Å². The van der Waals surface area contributed by atoms with Crippen molar-refractivity contribution in [2.75, 3.05) is 20.6 Å². The number of rotatable bonds is 5. The summed E-state index contributed by atoms with van der Waals surface area (Å²) in [7, 11) is 4.40. The summed E-state index contributed by atoms with van der Waals surface area (Å²) in [5, 5.41) is 3.52. The number of hydrogen-bond acceptors (Lipinski definition) is 2. The van der Waals surface area contributed by atoms with E-state index < -0.39 is 0 Å². The first-order chi connectivity index (χ1) is 10.1. The highest BCUT2D eigenvalue weighted by Gasteiger charge is 2.20. The third-order valence-electron chi connectivity index (χ3n) is 4.91. The van der Waals surface area contributed by atoms with Crippen LogP contribution in [-0.4, -0.2) is 31.6 Å². The molecule has 1 fully saturated rings. The molecule has 1 unspecified atom stereocenters. The Morgan fingerprint density at radius 2 is 1.62 bits per heavy atom. The molecule has 0 aliphatic heterocycles. The SMILES string of the molecule is CNC(CN(C)C1CCCCCC1)c1cc(C)cc(C)c1. The normalized spacial score (nSPS) is 18.7. The van der Waals surface area contributed by atoms with Gasteiger partial charge in [0.25, 0.3) is 0 Å². The molecule has 2 rings (SSSR count). The van der Waals surface area contributed by atoms with Gasteiger partial charge in [0.15, 0.2) is 0 Å². The summed E-state index contributed by atoms with van der Waals surface area (Å²) in [6, 6.07) is 8.11. The van der Waals surface area contributed by atoms with Crippen molar-refractivity contribution in [1.29, 1.82) is 0 Å². The van der Waals surface area contributed by atoms with Gasteiger partial charge in [0.05, 0.1) is 0 Å². The predicted molar refractivity (Wildman–Crippen MR) is 91.8 cm³/mol. The molecule has 0 saturated heterocycles. The number of nitrogens with one attached hydrogen (secondary N) is 1. The molecule has 1 aliphatic carbocycles. The Labute approximate surface area is 130 Å². The van der Waals surface area contributed by atoms with E-state index in [-0.39, 0.29) is 0 Å². The summed E-state index contributed by atoms with van der Waals surface area (Å²) >= 11 is 0. The highest BCUT2D eigenvalue weighted by atomic mass is 15.1. The van der Waals surface area contributed by atoms with Gasteiger partial charge >= 0.3 is 0 Å². The average molecular weight is 288 g/mol. The van der Waals surface area contributed by atoms with E-state index in [9.17, 15) is 0 Å². The van der Waals surface area contributed by atoms with Crippen LogP contribution in [0.5, 0.6) is 0 Å². The lowest BCUT2D eigenvalue weighted by Gasteiger charge is -2.31. The fourth-order valence-electron chi connectivity index (χ4n) is 3.71. The van der Waals surface area contributed by atoms with Crippen molar-refractivity contribution >= 4 is 0 Å². The maximum atomic E-state index is 3.52. The van der Waals surface area contributed by atoms with Crippen molar-refractivity contribution < 1.29 is 0 Å². The third kappa shape index (κ3) is 4.82. The Balaban J connectivity index is 2.03. The molecular formula is C19H32N2. The highest BCUT2D eigenvalue weighted by molar-refractivity contribution is 5.30. The monoisotopic (exact) mass is 288 g/mol. The van der Waals surface area contributed by atoms with E-state index in [1.54, 1.807) is 0 Å². The first-order valence-electron chi connectivity index (χ1n) is 8.56. The second-order valence-electron chi connectivity index (χ2n) is 6.85. The molecule has 1 N–H and O–H groups in total. The zero-order valence-corrected chi connectivity index (χ0v) is 14.3. The van der Waals surface area contributed by atoms with E-state index in [2.05, 4.69) is 56.4 Å². The van der Waals surface area contributed by atoms with Gasteiger partial charge in [-0.1, -0.05) is 55.0 Å². The molecule has 118 valence electrons. The van der Waals surface area contributed by atoms with E-state index in [1.165, 1.54) is 55.2 Å². The molecule has 0 bridgehead atoms. The first-order valence-corrected chi connectivity index (χ1v) is 8.56. The standard InChI is InChI=1S/C19H32N2/c1-15-11-16(2)13-17(12-15)19(20-3)14-21(4)18-9-7-5-6-8-10-18/h11-13,18-20H,5-10,14H2,1-4H3. The molecule has 0 amide bonds. The van der Waals surface area contributed by atoms with Crippen molar-refractivity contribution in [1.82, 2.24) is 10.2 Å². The van der Waals surface area contributed by atoms with E-state index in [4.69, 9.17) is 0 Å². The van der Waals surface area contributed by atoms with Crippen molar-refractivity contribution in [2.24, 2.45) is 0 Å². The Bertz CT molecular complexity index is 413. The zero-order chi connectivity index (χ0) is 15.2. The molecule has 1 atom stereocenters. The fraction of sp³-hybridized carbons (Fsp3) is 0.684. The lowest BCUT2D eigenvalue weighted by atomic mass is 10.00. The van der Waals surface area contributed by atoms with E-state index in [1.807, 2.05) is 0 Å². The van der Waals surface area contributed by atoms with Gasteiger partial charge in [-0.3, -0.25) is 0 Å². The van der Waals surface area contributed by atoms with Crippen LogP contribution < -0.4 is 5.32 Å². The summed E-state index contributed by atoms with van der Waals surface area (Å²) in [5.41, 5.74) is 4.15. The van der Waals surface area contributed by atoms with Crippen molar-refractivity contribution in [3.05, 3.63) is 34.9 Å². The molecule has 2 nitrogen and oxygen atoms in total. The second-order valence-corrected chi connectivity index (χ2v) is 6.85. The van der Waals surface area contributed by atoms with Gasteiger partial charge in [-0.05, 0) is 46.3 Å². The predicted octanol–water partition coefficient (Wildman–Crippen LogP) is 4.22. The van der Waals surface area contributed by atoms with Crippen LogP contribution >= 0.6 is 0 Å². The molecule has 0 spiro atoms. The molecule has 0 heterocycles. The summed E-state index contributed by atoms with van der Waals surface area (Å²) in [5.74, 6) is 0. The Morgan fingerprint density at radius 3 is 2.14 bits per heavy atom. The Hall–Kier alpha value is -0.860.